The molecule has 7 heteroatoms. The van der Waals surface area contributed by atoms with Crippen molar-refractivity contribution in [2.75, 3.05) is 12.3 Å². The first-order valence-corrected chi connectivity index (χ1v) is 5.68. The first-order chi connectivity index (χ1) is 8.97. The minimum absolute atomic E-state index is 0.152. The lowest BCUT2D eigenvalue weighted by atomic mass is 10.1. The second-order valence-corrected chi connectivity index (χ2v) is 4.27. The number of benzene rings is 1. The Morgan fingerprint density at radius 2 is 1.95 bits per heavy atom. The van der Waals surface area contributed by atoms with E-state index in [0.717, 1.165) is 12.8 Å². The summed E-state index contributed by atoms with van der Waals surface area (Å²) in [7, 11) is 0. The van der Waals surface area contributed by atoms with Gasteiger partial charge in [0.25, 0.3) is 5.91 Å². The molecule has 0 atom stereocenters. The van der Waals surface area contributed by atoms with Gasteiger partial charge in [0.1, 0.15) is 0 Å². The quantitative estimate of drug-likeness (QED) is 0.631. The summed E-state index contributed by atoms with van der Waals surface area (Å²) in [5.74, 6) is -3.76. The summed E-state index contributed by atoms with van der Waals surface area (Å²) in [5.41, 5.74) is 4.83. The van der Waals surface area contributed by atoms with Crippen molar-refractivity contribution in [1.82, 2.24) is 5.32 Å². The lowest BCUT2D eigenvalue weighted by molar-refractivity contribution is -0.124. The van der Waals surface area contributed by atoms with Gasteiger partial charge in [0.2, 0.25) is 0 Å². The summed E-state index contributed by atoms with van der Waals surface area (Å²) in [6.45, 7) is -0.478. The topological polar surface area (TPSA) is 81.4 Å². The van der Waals surface area contributed by atoms with Gasteiger partial charge in [-0.15, -0.1) is 0 Å². The standard InChI is InChI=1S/C12H12F2N2O3/c13-8-3-7(10(15)4-9(8)14)12(18)19-5-11(17)16-6-1-2-6/h3-4,6H,1-2,5,15H2,(H,16,17). The predicted octanol–water partition coefficient (Wildman–Crippen LogP) is 0.982. The number of hydrogen-bond donors (Lipinski definition) is 2. The molecule has 1 aliphatic rings. The van der Waals surface area contributed by atoms with E-state index in [1.54, 1.807) is 0 Å². The molecule has 0 spiro atoms. The Labute approximate surface area is 107 Å². The van der Waals surface area contributed by atoms with Gasteiger partial charge in [-0.1, -0.05) is 0 Å². The number of hydrogen-bond acceptors (Lipinski definition) is 4. The SMILES string of the molecule is Nc1cc(F)c(F)cc1C(=O)OCC(=O)NC1CC1. The van der Waals surface area contributed by atoms with E-state index in [-0.39, 0.29) is 17.3 Å². The van der Waals surface area contributed by atoms with Crippen molar-refractivity contribution in [3.8, 4) is 0 Å². The highest BCUT2D eigenvalue weighted by molar-refractivity contribution is 5.96. The minimum Gasteiger partial charge on any atom is -0.452 e. The maximum Gasteiger partial charge on any atom is 0.340 e. The molecule has 0 bridgehead atoms. The van der Waals surface area contributed by atoms with Crippen LogP contribution >= 0.6 is 0 Å². The second-order valence-electron chi connectivity index (χ2n) is 4.27. The summed E-state index contributed by atoms with van der Waals surface area (Å²) in [5, 5.41) is 2.61. The Morgan fingerprint density at radius 1 is 1.32 bits per heavy atom. The number of carbonyl (C=O) groups excluding carboxylic acids is 2. The van der Waals surface area contributed by atoms with Crippen molar-refractivity contribution >= 4 is 17.6 Å². The fourth-order valence-electron chi connectivity index (χ4n) is 1.44. The number of rotatable bonds is 4. The molecule has 19 heavy (non-hydrogen) atoms. The van der Waals surface area contributed by atoms with E-state index in [9.17, 15) is 18.4 Å². The predicted molar refractivity (Wildman–Crippen MR) is 62.2 cm³/mol. The highest BCUT2D eigenvalue weighted by Gasteiger charge is 2.24. The number of amides is 1. The molecule has 1 aromatic rings. The maximum atomic E-state index is 13.0. The summed E-state index contributed by atoms with van der Waals surface area (Å²) >= 11 is 0. The molecule has 1 fully saturated rings. The lowest BCUT2D eigenvalue weighted by Crippen LogP contribution is -2.30. The molecule has 102 valence electrons. The van der Waals surface area contributed by atoms with E-state index in [1.807, 2.05) is 0 Å². The average molecular weight is 270 g/mol. The van der Waals surface area contributed by atoms with Gasteiger partial charge in [-0.3, -0.25) is 4.79 Å². The van der Waals surface area contributed by atoms with Crippen LogP contribution in [-0.2, 0) is 9.53 Å². The summed E-state index contributed by atoms with van der Waals surface area (Å²) in [4.78, 5) is 22.8. The highest BCUT2D eigenvalue weighted by atomic mass is 19.2. The van der Waals surface area contributed by atoms with Crippen LogP contribution < -0.4 is 11.1 Å². The van der Waals surface area contributed by atoms with Gasteiger partial charge in [-0.05, 0) is 18.9 Å². The van der Waals surface area contributed by atoms with E-state index in [0.29, 0.717) is 12.1 Å². The Morgan fingerprint density at radius 3 is 2.58 bits per heavy atom. The molecular formula is C12H12F2N2O3. The van der Waals surface area contributed by atoms with Crippen LogP contribution in [0.3, 0.4) is 0 Å². The van der Waals surface area contributed by atoms with Gasteiger partial charge >= 0.3 is 5.97 Å². The van der Waals surface area contributed by atoms with E-state index >= 15 is 0 Å². The van der Waals surface area contributed by atoms with Crippen LogP contribution in [0.4, 0.5) is 14.5 Å². The Bertz CT molecular complexity index is 530. The van der Waals surface area contributed by atoms with Gasteiger partial charge < -0.3 is 15.8 Å². The molecule has 1 amide bonds. The van der Waals surface area contributed by atoms with E-state index in [4.69, 9.17) is 5.73 Å². The third-order valence-corrected chi connectivity index (χ3v) is 2.59. The third kappa shape index (κ3) is 3.40. The van der Waals surface area contributed by atoms with Crippen LogP contribution in [0.1, 0.15) is 23.2 Å². The number of anilines is 1. The molecule has 2 rings (SSSR count). The van der Waals surface area contributed by atoms with Gasteiger partial charge in [0.15, 0.2) is 18.2 Å². The Kier molecular flexibility index (Phi) is 3.64. The zero-order chi connectivity index (χ0) is 14.0. The van der Waals surface area contributed by atoms with E-state index in [2.05, 4.69) is 10.1 Å². The molecule has 1 aromatic carbocycles. The molecule has 0 saturated heterocycles. The summed E-state index contributed by atoms with van der Waals surface area (Å²) in [6.07, 6.45) is 1.83. The first kappa shape index (κ1) is 13.3. The van der Waals surface area contributed by atoms with Gasteiger partial charge in [-0.25, -0.2) is 13.6 Å². The highest BCUT2D eigenvalue weighted by Crippen LogP contribution is 2.19. The van der Waals surface area contributed by atoms with Crippen LogP contribution in [-0.4, -0.2) is 24.5 Å². The van der Waals surface area contributed by atoms with Crippen LogP contribution in [0, 0.1) is 11.6 Å². The molecule has 0 aliphatic heterocycles. The molecule has 1 aliphatic carbocycles. The Hall–Kier alpha value is -2.18. The summed E-state index contributed by atoms with van der Waals surface area (Å²) in [6, 6.07) is 1.49. The lowest BCUT2D eigenvalue weighted by Gasteiger charge is -2.07. The zero-order valence-electron chi connectivity index (χ0n) is 9.91. The first-order valence-electron chi connectivity index (χ1n) is 5.68. The van der Waals surface area contributed by atoms with Gasteiger partial charge in [0.05, 0.1) is 5.56 Å². The molecule has 0 radical (unpaired) electrons. The van der Waals surface area contributed by atoms with Gasteiger partial charge in [-0.2, -0.15) is 0 Å². The van der Waals surface area contributed by atoms with Crippen LogP contribution in [0.25, 0.3) is 0 Å². The third-order valence-electron chi connectivity index (χ3n) is 2.59. The smallest absolute Gasteiger partial charge is 0.340 e. The van der Waals surface area contributed by atoms with Crippen molar-refractivity contribution in [2.45, 2.75) is 18.9 Å². The number of esters is 1. The average Bonchev–Trinajstić information content (AvgIpc) is 3.14. The fraction of sp³-hybridized carbons (Fsp3) is 0.333. The number of halogens is 2. The van der Waals surface area contributed by atoms with Crippen LogP contribution in [0.15, 0.2) is 12.1 Å². The monoisotopic (exact) mass is 270 g/mol. The van der Waals surface area contributed by atoms with Crippen molar-refractivity contribution in [1.29, 1.82) is 0 Å². The second kappa shape index (κ2) is 5.21. The number of ether oxygens (including phenoxy) is 1. The molecule has 3 N–H and O–H groups in total. The number of nitrogens with two attached hydrogens (primary N) is 1. The molecule has 5 nitrogen and oxygen atoms in total. The fourth-order valence-corrected chi connectivity index (χ4v) is 1.44. The van der Waals surface area contributed by atoms with E-state index in [1.165, 1.54) is 0 Å². The van der Waals surface area contributed by atoms with Gasteiger partial charge in [0, 0.05) is 17.8 Å². The van der Waals surface area contributed by atoms with Crippen molar-refractivity contribution in [2.24, 2.45) is 0 Å². The van der Waals surface area contributed by atoms with E-state index < -0.39 is 30.1 Å². The Balaban J connectivity index is 1.95. The zero-order valence-corrected chi connectivity index (χ0v) is 9.91. The van der Waals surface area contributed by atoms with Crippen molar-refractivity contribution < 1.29 is 23.1 Å². The molecular weight excluding hydrogens is 258 g/mol. The molecule has 0 heterocycles. The molecule has 0 aromatic heterocycles. The minimum atomic E-state index is -1.21. The number of nitrogens with one attached hydrogen (secondary N) is 1. The van der Waals surface area contributed by atoms with Crippen molar-refractivity contribution in [3.05, 3.63) is 29.3 Å². The molecule has 0 unspecified atom stereocenters. The van der Waals surface area contributed by atoms with Crippen molar-refractivity contribution in [3.63, 3.8) is 0 Å². The van der Waals surface area contributed by atoms with Crippen LogP contribution in [0.2, 0.25) is 0 Å². The summed E-state index contributed by atoms with van der Waals surface area (Å²) < 4.78 is 30.5. The largest absolute Gasteiger partial charge is 0.452 e. The number of nitrogen functional groups attached to an aromatic ring is 1. The number of carbonyl (C=O) groups is 2. The van der Waals surface area contributed by atoms with Crippen LogP contribution in [0.5, 0.6) is 0 Å². The normalized spacial score (nSPS) is 14.0. The maximum absolute atomic E-state index is 13.0. The molecule has 1 saturated carbocycles.